The molecule has 7 nitrogen and oxygen atoms in total. The lowest BCUT2D eigenvalue weighted by molar-refractivity contribution is -0.132. The third-order valence-electron chi connectivity index (χ3n) is 2.35. The maximum Gasteiger partial charge on any atom is 0.502 e. The van der Waals surface area contributed by atoms with Crippen LogP contribution in [0.4, 0.5) is 0 Å². The molecule has 0 aromatic carbocycles. The van der Waals surface area contributed by atoms with Crippen LogP contribution in [-0.4, -0.2) is 55.5 Å². The highest BCUT2D eigenvalue weighted by molar-refractivity contribution is 8.00. The van der Waals surface area contributed by atoms with Crippen LogP contribution in [0, 0.1) is 0 Å². The van der Waals surface area contributed by atoms with E-state index >= 15 is 0 Å². The van der Waals surface area contributed by atoms with Gasteiger partial charge >= 0.3 is 20.7 Å². The molecule has 0 saturated carbocycles. The van der Waals surface area contributed by atoms with Gasteiger partial charge in [0.1, 0.15) is 0 Å². The molecule has 0 aromatic heterocycles. The molecule has 0 saturated heterocycles. The maximum absolute atomic E-state index is 10.1. The van der Waals surface area contributed by atoms with Gasteiger partial charge in [-0.05, 0) is 20.8 Å². The first-order valence-corrected chi connectivity index (χ1v) is 11.2. The summed E-state index contributed by atoms with van der Waals surface area (Å²) in [7, 11) is -2.60. The molecule has 12 heteroatoms. The molecule has 0 bridgehead atoms. The second-order valence-corrected chi connectivity index (χ2v) is 9.26. The fourth-order valence-corrected chi connectivity index (χ4v) is 5.50. The Morgan fingerprint density at radius 1 is 1.00 bits per heavy atom. The van der Waals surface area contributed by atoms with E-state index in [-0.39, 0.29) is 9.83 Å². The number of carbonyl (C=O) groups is 2. The van der Waals surface area contributed by atoms with Gasteiger partial charge in [0.2, 0.25) is 0 Å². The van der Waals surface area contributed by atoms with Crippen LogP contribution in [0.1, 0.15) is 20.8 Å². The number of carboxylic acid groups (broad SMARTS) is 1. The van der Waals surface area contributed by atoms with E-state index in [1.807, 2.05) is 20.8 Å². The molecule has 148 valence electrons. The van der Waals surface area contributed by atoms with Crippen molar-refractivity contribution in [3.8, 4) is 0 Å². The van der Waals surface area contributed by atoms with Gasteiger partial charge in [-0.2, -0.15) is 37.9 Å². The summed E-state index contributed by atoms with van der Waals surface area (Å²) < 4.78 is 20.8. The monoisotopic (exact) mass is 450 g/mol. The van der Waals surface area contributed by atoms with Crippen LogP contribution < -0.4 is 0 Å². The molecule has 25 heavy (non-hydrogen) atoms. The molecule has 0 aliphatic carbocycles. The Labute approximate surface area is 172 Å². The summed E-state index contributed by atoms with van der Waals surface area (Å²) in [6.07, 6.45) is 1.42. The number of hydrogen-bond acceptors (Lipinski definition) is 10. The molecule has 0 aliphatic heterocycles. The molecule has 0 aromatic rings. The first kappa shape index (κ1) is 27.4. The van der Waals surface area contributed by atoms with E-state index in [9.17, 15) is 9.59 Å². The standard InChI is InChI=1S/C9H22O3S3Si.C4H4O4S/c1-4-10-16(11-5-2,12-6-3)7-8(13)9(14)15;5-3(6)1-2-4(7)8-9/h8-9,13-15H,4-7H2,1-3H3;1-2,9H,(H,5,6)/b;2-1-. The van der Waals surface area contributed by atoms with Gasteiger partial charge in [-0.3, -0.25) is 0 Å². The van der Waals surface area contributed by atoms with Crippen molar-refractivity contribution in [2.45, 2.75) is 36.6 Å². The van der Waals surface area contributed by atoms with Crippen LogP contribution in [0.15, 0.2) is 12.2 Å². The first-order chi connectivity index (χ1) is 11.7. The van der Waals surface area contributed by atoms with Crippen molar-refractivity contribution in [2.75, 3.05) is 19.8 Å². The van der Waals surface area contributed by atoms with Crippen molar-refractivity contribution in [1.29, 1.82) is 0 Å². The van der Waals surface area contributed by atoms with Gasteiger partial charge in [0, 0.05) is 56.2 Å². The molecule has 1 N–H and O–H groups in total. The molecule has 0 radical (unpaired) electrons. The fraction of sp³-hybridized carbons (Fsp3) is 0.692. The molecule has 1 atom stereocenters. The van der Waals surface area contributed by atoms with E-state index in [1.54, 1.807) is 0 Å². The topological polar surface area (TPSA) is 91.3 Å². The van der Waals surface area contributed by atoms with E-state index in [0.29, 0.717) is 31.9 Å². The van der Waals surface area contributed by atoms with E-state index in [0.717, 1.165) is 6.08 Å². The van der Waals surface area contributed by atoms with Crippen molar-refractivity contribution in [1.82, 2.24) is 0 Å². The van der Waals surface area contributed by atoms with E-state index in [1.165, 1.54) is 0 Å². The predicted octanol–water partition coefficient (Wildman–Crippen LogP) is 2.53. The zero-order valence-electron chi connectivity index (χ0n) is 14.3. The predicted molar refractivity (Wildman–Crippen MR) is 112 cm³/mol. The summed E-state index contributed by atoms with van der Waals surface area (Å²) in [4.78, 5) is 19.8. The Hall–Kier alpha value is 0.177. The number of carbonyl (C=O) groups excluding carboxylic acids is 1. The van der Waals surface area contributed by atoms with Crippen molar-refractivity contribution in [3.05, 3.63) is 12.2 Å². The number of thiol groups is 4. The van der Waals surface area contributed by atoms with Gasteiger partial charge in [0.15, 0.2) is 0 Å². The number of rotatable bonds is 11. The van der Waals surface area contributed by atoms with Crippen LogP contribution >= 0.6 is 50.8 Å². The van der Waals surface area contributed by atoms with Crippen LogP contribution in [0.3, 0.4) is 0 Å². The Kier molecular flexibility index (Phi) is 17.9. The summed E-state index contributed by atoms with van der Waals surface area (Å²) in [6.45, 7) is 7.55. The van der Waals surface area contributed by atoms with E-state index in [2.05, 4.69) is 55.0 Å². The minimum atomic E-state index is -2.60. The number of aliphatic carboxylic acids is 1. The summed E-state index contributed by atoms with van der Waals surface area (Å²) in [5.74, 6) is -2.01. The lowest BCUT2D eigenvalue weighted by atomic mass is 10.5. The lowest BCUT2D eigenvalue weighted by Crippen LogP contribution is -2.48. The first-order valence-electron chi connectivity index (χ1n) is 7.40. The molecule has 0 fully saturated rings. The van der Waals surface area contributed by atoms with E-state index < -0.39 is 20.7 Å². The Bertz CT molecular complexity index is 393. The summed E-state index contributed by atoms with van der Waals surface area (Å²) in [5.41, 5.74) is 0. The molecule has 0 spiro atoms. The normalized spacial score (nSPS) is 12.6. The molecule has 1 unspecified atom stereocenters. The molecule has 0 heterocycles. The fourth-order valence-electron chi connectivity index (χ4n) is 1.49. The van der Waals surface area contributed by atoms with Crippen molar-refractivity contribution >= 4 is 71.5 Å². The minimum Gasteiger partial charge on any atom is -0.478 e. The molecular weight excluding hydrogens is 424 g/mol. The highest BCUT2D eigenvalue weighted by Gasteiger charge is 2.42. The lowest BCUT2D eigenvalue weighted by Gasteiger charge is -2.31. The highest BCUT2D eigenvalue weighted by Crippen LogP contribution is 2.26. The average Bonchev–Trinajstić information content (AvgIpc) is 2.53. The van der Waals surface area contributed by atoms with Gasteiger partial charge < -0.3 is 22.6 Å². The van der Waals surface area contributed by atoms with Gasteiger partial charge in [0.25, 0.3) is 0 Å². The largest absolute Gasteiger partial charge is 0.502 e. The summed E-state index contributed by atoms with van der Waals surface area (Å²) in [6, 6.07) is 0.628. The number of hydrogen-bond donors (Lipinski definition) is 5. The molecule has 0 amide bonds. The third kappa shape index (κ3) is 15.0. The maximum atomic E-state index is 10.1. The van der Waals surface area contributed by atoms with Gasteiger partial charge in [-0.1, -0.05) is 0 Å². The van der Waals surface area contributed by atoms with Crippen molar-refractivity contribution in [2.24, 2.45) is 0 Å². The van der Waals surface area contributed by atoms with Crippen LogP contribution in [-0.2, 0) is 27.1 Å². The minimum absolute atomic E-state index is 0.0111. The molecule has 0 rings (SSSR count). The van der Waals surface area contributed by atoms with Crippen molar-refractivity contribution in [3.63, 3.8) is 0 Å². The zero-order chi connectivity index (χ0) is 19.9. The SMILES string of the molecule is CCO[Si](CC(S)C(S)S)(OCC)OCC.O=C(O)/C=C\C(=O)OS. The Morgan fingerprint density at radius 2 is 1.44 bits per heavy atom. The second-order valence-electron chi connectivity index (χ2n) is 4.25. The Morgan fingerprint density at radius 3 is 1.72 bits per heavy atom. The highest BCUT2D eigenvalue weighted by atomic mass is 32.2. The second kappa shape index (κ2) is 16.4. The molecular formula is C13H26O7S4Si. The van der Waals surface area contributed by atoms with Gasteiger partial charge in [-0.15, -0.1) is 0 Å². The Balaban J connectivity index is 0. The van der Waals surface area contributed by atoms with Crippen molar-refractivity contribution < 1.29 is 32.2 Å². The number of carboxylic acids is 1. The van der Waals surface area contributed by atoms with Crippen LogP contribution in [0.2, 0.25) is 6.04 Å². The third-order valence-corrected chi connectivity index (χ3v) is 7.67. The molecule has 0 aliphatic rings. The summed E-state index contributed by atoms with van der Waals surface area (Å²) in [5, 5.41) is 7.93. The van der Waals surface area contributed by atoms with Crippen LogP contribution in [0.25, 0.3) is 0 Å². The average molecular weight is 451 g/mol. The van der Waals surface area contributed by atoms with E-state index in [4.69, 9.17) is 18.4 Å². The zero-order valence-corrected chi connectivity index (χ0v) is 18.9. The smallest absolute Gasteiger partial charge is 0.478 e. The van der Waals surface area contributed by atoms with Crippen LogP contribution in [0.5, 0.6) is 0 Å². The van der Waals surface area contributed by atoms with Gasteiger partial charge in [0.05, 0.1) is 4.58 Å². The quantitative estimate of drug-likeness (QED) is 0.109. The summed E-state index contributed by atoms with van der Waals surface area (Å²) >= 11 is 16.1. The van der Waals surface area contributed by atoms with Gasteiger partial charge in [-0.25, -0.2) is 9.59 Å².